The van der Waals surface area contributed by atoms with Gasteiger partial charge < -0.3 is 15.1 Å². The Morgan fingerprint density at radius 2 is 1.63 bits per heavy atom. The molecule has 5 nitrogen and oxygen atoms in total. The third-order valence-corrected chi connectivity index (χ3v) is 4.91. The monoisotopic (exact) mass is 412 g/mol. The molecule has 146 valence electrons. The summed E-state index contributed by atoms with van der Waals surface area (Å²) in [6.07, 6.45) is 1.44. The van der Waals surface area contributed by atoms with Crippen LogP contribution in [-0.2, 0) is 0 Å². The van der Waals surface area contributed by atoms with E-state index in [0.29, 0.717) is 16.9 Å². The largest absolute Gasteiger partial charge is 0.459 e. The van der Waals surface area contributed by atoms with Crippen LogP contribution in [0.15, 0.2) is 88.9 Å². The number of benzene rings is 2. The fourth-order valence-corrected chi connectivity index (χ4v) is 3.24. The van der Waals surface area contributed by atoms with Crippen LogP contribution in [-0.4, -0.2) is 11.8 Å². The molecule has 6 heteroatoms. The van der Waals surface area contributed by atoms with E-state index < -0.39 is 0 Å². The molecule has 0 aliphatic rings. The molecule has 2 heterocycles. The van der Waals surface area contributed by atoms with Crippen molar-refractivity contribution in [2.45, 2.75) is 0 Å². The number of rotatable bonds is 4. The molecular formula is C24H16N2O3S. The van der Waals surface area contributed by atoms with Crippen molar-refractivity contribution in [2.75, 3.05) is 10.6 Å². The first-order valence-corrected chi connectivity index (χ1v) is 9.97. The predicted molar refractivity (Wildman–Crippen MR) is 118 cm³/mol. The average molecular weight is 412 g/mol. The summed E-state index contributed by atoms with van der Waals surface area (Å²) in [5.74, 6) is 5.82. The number of furan rings is 1. The molecule has 2 aromatic carbocycles. The molecule has 0 unspecified atom stereocenters. The Bertz CT molecular complexity index is 1220. The number of carbonyl (C=O) groups excluding carboxylic acids is 2. The Kier molecular flexibility index (Phi) is 5.74. The predicted octanol–water partition coefficient (Wildman–Crippen LogP) is 5.25. The standard InChI is InChI=1S/C24H16N2O3S/c27-23(18-9-11-19(12-10-18)25-24(28)22-7-2-14-29-22)26-20-5-1-4-17(16-20)8-13-21-6-3-15-30-21/h1-7,9-12,14-16H,(H,25,28)(H,26,27). The van der Waals surface area contributed by atoms with Crippen molar-refractivity contribution < 1.29 is 14.0 Å². The zero-order valence-corrected chi connectivity index (χ0v) is 16.5. The van der Waals surface area contributed by atoms with Crippen LogP contribution in [0, 0.1) is 11.8 Å². The molecule has 0 aliphatic heterocycles. The maximum absolute atomic E-state index is 12.5. The zero-order chi connectivity index (χ0) is 20.8. The zero-order valence-electron chi connectivity index (χ0n) is 15.7. The van der Waals surface area contributed by atoms with Crippen LogP contribution < -0.4 is 10.6 Å². The number of nitrogens with one attached hydrogen (secondary N) is 2. The summed E-state index contributed by atoms with van der Waals surface area (Å²) in [5, 5.41) is 7.56. The van der Waals surface area contributed by atoms with Gasteiger partial charge in [-0.05, 0) is 66.0 Å². The normalized spacial score (nSPS) is 10.0. The van der Waals surface area contributed by atoms with Gasteiger partial charge in [0.1, 0.15) is 0 Å². The van der Waals surface area contributed by atoms with Crippen LogP contribution in [0.3, 0.4) is 0 Å². The van der Waals surface area contributed by atoms with Crippen molar-refractivity contribution in [1.82, 2.24) is 0 Å². The Labute approximate surface area is 177 Å². The summed E-state index contributed by atoms with van der Waals surface area (Å²) in [5.41, 5.74) is 2.52. The van der Waals surface area contributed by atoms with Gasteiger partial charge in [-0.3, -0.25) is 9.59 Å². The van der Waals surface area contributed by atoms with Crippen LogP contribution in [0.1, 0.15) is 31.4 Å². The first-order valence-electron chi connectivity index (χ1n) is 9.09. The van der Waals surface area contributed by atoms with Crippen molar-refractivity contribution in [2.24, 2.45) is 0 Å². The molecule has 0 spiro atoms. The first kappa shape index (κ1) is 19.2. The second-order valence-electron chi connectivity index (χ2n) is 6.27. The molecule has 2 N–H and O–H groups in total. The van der Waals surface area contributed by atoms with Crippen molar-refractivity contribution in [3.63, 3.8) is 0 Å². The van der Waals surface area contributed by atoms with Crippen LogP contribution in [0.25, 0.3) is 0 Å². The SMILES string of the molecule is O=C(Nc1cccc(C#Cc2cccs2)c1)c1ccc(NC(=O)c2ccco2)cc1. The van der Waals surface area contributed by atoms with E-state index in [1.165, 1.54) is 6.26 Å². The van der Waals surface area contributed by atoms with E-state index >= 15 is 0 Å². The highest BCUT2D eigenvalue weighted by atomic mass is 32.1. The molecule has 30 heavy (non-hydrogen) atoms. The summed E-state index contributed by atoms with van der Waals surface area (Å²) in [6.45, 7) is 0. The lowest BCUT2D eigenvalue weighted by Gasteiger charge is -2.07. The molecule has 0 fully saturated rings. The van der Waals surface area contributed by atoms with Gasteiger partial charge in [0.25, 0.3) is 11.8 Å². The smallest absolute Gasteiger partial charge is 0.291 e. The summed E-state index contributed by atoms with van der Waals surface area (Å²) in [6, 6.07) is 21.2. The topological polar surface area (TPSA) is 71.3 Å². The maximum Gasteiger partial charge on any atom is 0.291 e. The Morgan fingerprint density at radius 3 is 2.37 bits per heavy atom. The molecule has 2 amide bonds. The number of hydrogen-bond acceptors (Lipinski definition) is 4. The molecule has 2 aromatic heterocycles. The molecule has 4 aromatic rings. The third kappa shape index (κ3) is 4.85. The van der Waals surface area contributed by atoms with E-state index in [4.69, 9.17) is 4.42 Å². The van der Waals surface area contributed by atoms with Gasteiger partial charge in [-0.15, -0.1) is 11.3 Å². The van der Waals surface area contributed by atoms with Crippen LogP contribution >= 0.6 is 11.3 Å². The summed E-state index contributed by atoms with van der Waals surface area (Å²) < 4.78 is 5.06. The van der Waals surface area contributed by atoms with Crippen molar-refractivity contribution >= 4 is 34.5 Å². The quantitative estimate of drug-likeness (QED) is 0.450. The van der Waals surface area contributed by atoms with Gasteiger partial charge in [-0.2, -0.15) is 0 Å². The highest BCUT2D eigenvalue weighted by molar-refractivity contribution is 7.10. The minimum absolute atomic E-state index is 0.221. The van der Waals surface area contributed by atoms with Gasteiger partial charge in [0.05, 0.1) is 11.1 Å². The summed E-state index contributed by atoms with van der Waals surface area (Å²) in [4.78, 5) is 25.5. The molecule has 0 bridgehead atoms. The lowest BCUT2D eigenvalue weighted by molar-refractivity contribution is 0.0995. The molecule has 0 radical (unpaired) electrons. The Hall–Kier alpha value is -4.08. The van der Waals surface area contributed by atoms with Gasteiger partial charge in [-0.1, -0.05) is 24.0 Å². The Balaban J connectivity index is 1.40. The highest BCUT2D eigenvalue weighted by Crippen LogP contribution is 2.15. The number of amides is 2. The van der Waals surface area contributed by atoms with E-state index in [-0.39, 0.29) is 17.6 Å². The van der Waals surface area contributed by atoms with E-state index in [0.717, 1.165) is 10.4 Å². The summed E-state index contributed by atoms with van der Waals surface area (Å²) >= 11 is 1.58. The van der Waals surface area contributed by atoms with Gasteiger partial charge in [0.15, 0.2) is 5.76 Å². The molecule has 0 saturated heterocycles. The van der Waals surface area contributed by atoms with Gasteiger partial charge in [0.2, 0.25) is 0 Å². The fourth-order valence-electron chi connectivity index (χ4n) is 2.67. The molecule has 0 aliphatic carbocycles. The fraction of sp³-hybridized carbons (Fsp3) is 0. The molecular weight excluding hydrogens is 396 g/mol. The molecule has 0 atom stereocenters. The molecule has 4 rings (SSSR count). The number of hydrogen-bond donors (Lipinski definition) is 2. The lowest BCUT2D eigenvalue weighted by Crippen LogP contribution is -2.13. The van der Waals surface area contributed by atoms with E-state index in [2.05, 4.69) is 22.5 Å². The van der Waals surface area contributed by atoms with Gasteiger partial charge >= 0.3 is 0 Å². The number of anilines is 2. The lowest BCUT2D eigenvalue weighted by atomic mass is 10.1. The van der Waals surface area contributed by atoms with Crippen molar-refractivity contribution in [1.29, 1.82) is 0 Å². The highest BCUT2D eigenvalue weighted by Gasteiger charge is 2.10. The van der Waals surface area contributed by atoms with Crippen molar-refractivity contribution in [3.05, 3.63) is 106 Å². The van der Waals surface area contributed by atoms with Crippen LogP contribution in [0.2, 0.25) is 0 Å². The number of thiophene rings is 1. The minimum Gasteiger partial charge on any atom is -0.459 e. The second kappa shape index (κ2) is 8.95. The van der Waals surface area contributed by atoms with E-state index in [1.807, 2.05) is 41.8 Å². The second-order valence-corrected chi connectivity index (χ2v) is 7.22. The van der Waals surface area contributed by atoms with Crippen LogP contribution in [0.5, 0.6) is 0 Å². The average Bonchev–Trinajstić information content (AvgIpc) is 3.47. The van der Waals surface area contributed by atoms with Crippen LogP contribution in [0.4, 0.5) is 11.4 Å². The third-order valence-electron chi connectivity index (χ3n) is 4.12. The van der Waals surface area contributed by atoms with E-state index in [9.17, 15) is 9.59 Å². The van der Waals surface area contributed by atoms with Gasteiger partial charge in [0, 0.05) is 22.5 Å². The minimum atomic E-state index is -0.349. The van der Waals surface area contributed by atoms with Gasteiger partial charge in [-0.25, -0.2) is 0 Å². The maximum atomic E-state index is 12.5. The Morgan fingerprint density at radius 1 is 0.800 bits per heavy atom. The summed E-state index contributed by atoms with van der Waals surface area (Å²) in [7, 11) is 0. The molecule has 0 saturated carbocycles. The van der Waals surface area contributed by atoms with E-state index in [1.54, 1.807) is 47.7 Å². The number of carbonyl (C=O) groups is 2. The first-order chi connectivity index (χ1) is 14.7. The van der Waals surface area contributed by atoms with Crippen molar-refractivity contribution in [3.8, 4) is 11.8 Å².